The first-order chi connectivity index (χ1) is 8.28. The van der Waals surface area contributed by atoms with E-state index in [1.54, 1.807) is 0 Å². The van der Waals surface area contributed by atoms with Crippen LogP contribution in [0.25, 0.3) is 0 Å². The summed E-state index contributed by atoms with van der Waals surface area (Å²) in [6.45, 7) is 6.73. The van der Waals surface area contributed by atoms with Gasteiger partial charge in [0.1, 0.15) is 0 Å². The largest absolute Gasteiger partial charge is 0.313 e. The van der Waals surface area contributed by atoms with Crippen molar-refractivity contribution in [3.05, 3.63) is 34.9 Å². The van der Waals surface area contributed by atoms with E-state index in [1.807, 2.05) is 12.1 Å². The molecule has 0 radical (unpaired) electrons. The van der Waals surface area contributed by atoms with Crippen molar-refractivity contribution in [3.63, 3.8) is 0 Å². The highest BCUT2D eigenvalue weighted by Crippen LogP contribution is 2.14. The van der Waals surface area contributed by atoms with E-state index < -0.39 is 0 Å². The molecule has 0 amide bonds. The maximum atomic E-state index is 6.02. The molecular formula is C14H21ClN2. The highest BCUT2D eigenvalue weighted by molar-refractivity contribution is 6.30. The van der Waals surface area contributed by atoms with E-state index in [-0.39, 0.29) is 0 Å². The molecule has 1 N–H and O–H groups in total. The van der Waals surface area contributed by atoms with Crippen molar-refractivity contribution in [1.29, 1.82) is 0 Å². The van der Waals surface area contributed by atoms with Crippen molar-refractivity contribution >= 4 is 11.6 Å². The summed E-state index contributed by atoms with van der Waals surface area (Å²) in [6.07, 6.45) is 2.43. The van der Waals surface area contributed by atoms with E-state index in [0.29, 0.717) is 6.04 Å². The van der Waals surface area contributed by atoms with Gasteiger partial charge in [-0.2, -0.15) is 0 Å². The molecule has 1 heterocycles. The summed E-state index contributed by atoms with van der Waals surface area (Å²) in [5.74, 6) is 0. The Morgan fingerprint density at radius 2 is 2.35 bits per heavy atom. The molecule has 0 aromatic heterocycles. The molecule has 3 heteroatoms. The third-order valence-electron chi connectivity index (χ3n) is 3.35. The van der Waals surface area contributed by atoms with Crippen molar-refractivity contribution in [2.24, 2.45) is 0 Å². The summed E-state index contributed by atoms with van der Waals surface area (Å²) in [4.78, 5) is 2.53. The summed E-state index contributed by atoms with van der Waals surface area (Å²) < 4.78 is 0. The molecule has 0 spiro atoms. The normalized spacial score (nSPS) is 22.4. The lowest BCUT2D eigenvalue weighted by Crippen LogP contribution is -2.36. The molecule has 1 aromatic carbocycles. The summed E-state index contributed by atoms with van der Waals surface area (Å²) in [5.41, 5.74) is 1.31. The predicted octanol–water partition coefficient (Wildman–Crippen LogP) is 2.91. The Morgan fingerprint density at radius 3 is 3.12 bits per heavy atom. The van der Waals surface area contributed by atoms with Gasteiger partial charge in [0.05, 0.1) is 0 Å². The Labute approximate surface area is 109 Å². The number of hydrogen-bond acceptors (Lipinski definition) is 2. The summed E-state index contributed by atoms with van der Waals surface area (Å²) >= 11 is 6.02. The van der Waals surface area contributed by atoms with Crippen LogP contribution in [0.15, 0.2) is 24.3 Å². The molecule has 0 saturated carbocycles. The Hall–Kier alpha value is -0.570. The van der Waals surface area contributed by atoms with Gasteiger partial charge in [-0.25, -0.2) is 0 Å². The number of hydrogen-bond donors (Lipinski definition) is 1. The maximum Gasteiger partial charge on any atom is 0.0409 e. The van der Waals surface area contributed by atoms with Gasteiger partial charge in [-0.15, -0.1) is 0 Å². The first-order valence-electron chi connectivity index (χ1n) is 6.48. The number of rotatable bonds is 3. The van der Waals surface area contributed by atoms with Crippen LogP contribution in [0.4, 0.5) is 0 Å². The van der Waals surface area contributed by atoms with E-state index in [0.717, 1.165) is 24.7 Å². The molecule has 1 unspecified atom stereocenters. The van der Waals surface area contributed by atoms with E-state index >= 15 is 0 Å². The van der Waals surface area contributed by atoms with Crippen LogP contribution in [0.3, 0.4) is 0 Å². The first kappa shape index (κ1) is 12.9. The molecule has 1 saturated heterocycles. The lowest BCUT2D eigenvalue weighted by molar-refractivity contribution is 0.257. The molecule has 1 aliphatic heterocycles. The van der Waals surface area contributed by atoms with E-state index in [9.17, 15) is 0 Å². The molecule has 17 heavy (non-hydrogen) atoms. The van der Waals surface area contributed by atoms with Crippen LogP contribution in [0.5, 0.6) is 0 Å². The van der Waals surface area contributed by atoms with Crippen LogP contribution in [0, 0.1) is 0 Å². The fourth-order valence-corrected chi connectivity index (χ4v) is 2.60. The quantitative estimate of drug-likeness (QED) is 0.890. The molecule has 1 aliphatic rings. The third kappa shape index (κ3) is 3.98. The van der Waals surface area contributed by atoms with Crippen molar-refractivity contribution < 1.29 is 0 Å². The van der Waals surface area contributed by atoms with Crippen LogP contribution in [0.1, 0.15) is 25.3 Å². The topological polar surface area (TPSA) is 15.3 Å². The predicted molar refractivity (Wildman–Crippen MR) is 73.4 cm³/mol. The molecule has 0 bridgehead atoms. The minimum atomic E-state index is 0.636. The second kappa shape index (κ2) is 6.39. The van der Waals surface area contributed by atoms with Crippen molar-refractivity contribution in [2.45, 2.75) is 32.4 Å². The first-order valence-corrected chi connectivity index (χ1v) is 6.86. The minimum Gasteiger partial charge on any atom is -0.313 e. The van der Waals surface area contributed by atoms with E-state index in [2.05, 4.69) is 29.3 Å². The Balaban J connectivity index is 1.97. The number of benzene rings is 1. The zero-order chi connectivity index (χ0) is 12.1. The Kier molecular flexibility index (Phi) is 4.84. The zero-order valence-electron chi connectivity index (χ0n) is 10.5. The smallest absolute Gasteiger partial charge is 0.0409 e. The van der Waals surface area contributed by atoms with Gasteiger partial charge in [0.25, 0.3) is 0 Å². The maximum absolute atomic E-state index is 6.02. The van der Waals surface area contributed by atoms with Gasteiger partial charge in [0.15, 0.2) is 0 Å². The van der Waals surface area contributed by atoms with Gasteiger partial charge >= 0.3 is 0 Å². The van der Waals surface area contributed by atoms with Crippen LogP contribution in [-0.2, 0) is 6.54 Å². The molecule has 1 aromatic rings. The van der Waals surface area contributed by atoms with E-state index in [4.69, 9.17) is 11.6 Å². The highest BCUT2D eigenvalue weighted by atomic mass is 35.5. The Morgan fingerprint density at radius 1 is 1.47 bits per heavy atom. The van der Waals surface area contributed by atoms with Crippen molar-refractivity contribution in [2.75, 3.05) is 19.6 Å². The van der Waals surface area contributed by atoms with Crippen LogP contribution < -0.4 is 5.32 Å². The van der Waals surface area contributed by atoms with Crippen LogP contribution in [-0.4, -0.2) is 30.6 Å². The zero-order valence-corrected chi connectivity index (χ0v) is 11.2. The molecule has 0 aliphatic carbocycles. The van der Waals surface area contributed by atoms with Gasteiger partial charge in [0.2, 0.25) is 0 Å². The average molecular weight is 253 g/mol. The summed E-state index contributed by atoms with van der Waals surface area (Å²) in [5, 5.41) is 4.43. The summed E-state index contributed by atoms with van der Waals surface area (Å²) in [7, 11) is 0. The monoisotopic (exact) mass is 252 g/mol. The number of nitrogens with zero attached hydrogens (tertiary/aromatic N) is 1. The second-order valence-corrected chi connectivity index (χ2v) is 5.21. The van der Waals surface area contributed by atoms with Gasteiger partial charge in [-0.05, 0) is 43.6 Å². The standard InChI is InChI=1S/C14H21ClN2/c1-2-14-11-17(8-4-7-16-14)10-12-5-3-6-13(15)9-12/h3,5-6,9,14,16H,2,4,7-8,10-11H2,1H3. The van der Waals surface area contributed by atoms with Crippen molar-refractivity contribution in [1.82, 2.24) is 10.2 Å². The lowest BCUT2D eigenvalue weighted by Gasteiger charge is -2.23. The molecule has 94 valence electrons. The van der Waals surface area contributed by atoms with Crippen LogP contribution in [0.2, 0.25) is 5.02 Å². The molecule has 1 atom stereocenters. The summed E-state index contributed by atoms with van der Waals surface area (Å²) in [6, 6.07) is 8.83. The molecule has 2 rings (SSSR count). The van der Waals surface area contributed by atoms with Gasteiger partial charge in [-0.1, -0.05) is 30.7 Å². The highest BCUT2D eigenvalue weighted by Gasteiger charge is 2.16. The second-order valence-electron chi connectivity index (χ2n) is 4.78. The van der Waals surface area contributed by atoms with Crippen LogP contribution >= 0.6 is 11.6 Å². The number of halogens is 1. The fraction of sp³-hybridized carbons (Fsp3) is 0.571. The number of nitrogens with one attached hydrogen (secondary N) is 1. The van der Waals surface area contributed by atoms with Gasteiger partial charge in [0, 0.05) is 24.2 Å². The SMILES string of the molecule is CCC1CN(Cc2cccc(Cl)c2)CCCN1. The van der Waals surface area contributed by atoms with Gasteiger partial charge in [-0.3, -0.25) is 4.90 Å². The fourth-order valence-electron chi connectivity index (χ4n) is 2.39. The third-order valence-corrected chi connectivity index (χ3v) is 3.59. The Bertz CT molecular complexity index is 354. The lowest BCUT2D eigenvalue weighted by atomic mass is 10.2. The molecule has 1 fully saturated rings. The molecular weight excluding hydrogens is 232 g/mol. The molecule has 2 nitrogen and oxygen atoms in total. The van der Waals surface area contributed by atoms with Gasteiger partial charge < -0.3 is 5.32 Å². The average Bonchev–Trinajstić information content (AvgIpc) is 2.54. The van der Waals surface area contributed by atoms with E-state index in [1.165, 1.54) is 24.9 Å². The minimum absolute atomic E-state index is 0.636. The van der Waals surface area contributed by atoms with Crippen molar-refractivity contribution in [3.8, 4) is 0 Å².